The monoisotopic (exact) mass is 1060 g/mol. The van der Waals surface area contributed by atoms with Gasteiger partial charge in [0.25, 0.3) is 0 Å². The second-order valence-electron chi connectivity index (χ2n) is 20.6. The van der Waals surface area contributed by atoms with E-state index in [9.17, 15) is 34.5 Å². The summed E-state index contributed by atoms with van der Waals surface area (Å²) >= 11 is 0. The van der Waals surface area contributed by atoms with Crippen molar-refractivity contribution in [1.82, 2.24) is 0 Å². The van der Waals surface area contributed by atoms with Gasteiger partial charge in [-0.2, -0.15) is 0 Å². The van der Waals surface area contributed by atoms with Crippen molar-refractivity contribution >= 4 is 23.9 Å². The van der Waals surface area contributed by atoms with E-state index in [0.717, 1.165) is 83.5 Å². The van der Waals surface area contributed by atoms with Crippen LogP contribution in [-0.2, 0) is 42.9 Å². The van der Waals surface area contributed by atoms with Crippen LogP contribution < -0.4 is 0 Å². The maximum Gasteiger partial charge on any atom is 0.335 e. The molecular formula is C63H108O12. The largest absolute Gasteiger partial charge is 0.479 e. The lowest BCUT2D eigenvalue weighted by molar-refractivity contribution is -0.301. The molecular weight excluding hydrogens is 949 g/mol. The number of aliphatic hydroxyl groups is 2. The van der Waals surface area contributed by atoms with E-state index in [0.29, 0.717) is 25.7 Å². The number of ether oxygens (including phenoxy) is 5. The highest BCUT2D eigenvalue weighted by atomic mass is 16.7. The molecule has 0 aromatic rings. The van der Waals surface area contributed by atoms with Crippen molar-refractivity contribution in [2.24, 2.45) is 0 Å². The van der Waals surface area contributed by atoms with Crippen molar-refractivity contribution in [1.29, 1.82) is 0 Å². The number of carbonyl (C=O) groups excluding carboxylic acids is 3. The average Bonchev–Trinajstić information content (AvgIpc) is 3.39. The third-order valence-corrected chi connectivity index (χ3v) is 13.6. The minimum atomic E-state index is -1.91. The SMILES string of the molecule is CC/C=C\C/C=C\C/C=C\C/C=C\CCC(=O)OC(COC(=O)CCCCCCC/C=C\CCCCCCCC)COC1OC(C(=O)O)C(O)C(O)C1OC(=O)CCCCCCCCCCCCCCCCCCC. The van der Waals surface area contributed by atoms with Crippen LogP contribution in [0.4, 0.5) is 0 Å². The molecule has 75 heavy (non-hydrogen) atoms. The summed E-state index contributed by atoms with van der Waals surface area (Å²) in [7, 11) is 0. The number of carboxylic acid groups (broad SMARTS) is 1. The summed E-state index contributed by atoms with van der Waals surface area (Å²) in [5, 5.41) is 31.5. The molecule has 1 fully saturated rings. The minimum absolute atomic E-state index is 0.0408. The molecule has 0 spiro atoms. The van der Waals surface area contributed by atoms with Gasteiger partial charge in [0.15, 0.2) is 24.6 Å². The van der Waals surface area contributed by atoms with E-state index in [1.807, 2.05) is 12.2 Å². The van der Waals surface area contributed by atoms with Gasteiger partial charge in [-0.05, 0) is 70.6 Å². The van der Waals surface area contributed by atoms with Gasteiger partial charge in [0, 0.05) is 19.3 Å². The van der Waals surface area contributed by atoms with Crippen LogP contribution in [0.3, 0.4) is 0 Å². The number of carboxylic acids is 1. The molecule has 0 amide bonds. The first kappa shape index (κ1) is 69.4. The van der Waals surface area contributed by atoms with Gasteiger partial charge in [0.2, 0.25) is 0 Å². The summed E-state index contributed by atoms with van der Waals surface area (Å²) in [6, 6.07) is 0. The minimum Gasteiger partial charge on any atom is -0.479 e. The zero-order valence-corrected chi connectivity index (χ0v) is 47.5. The highest BCUT2D eigenvalue weighted by molar-refractivity contribution is 5.74. The topological polar surface area (TPSA) is 175 Å². The van der Waals surface area contributed by atoms with E-state index in [-0.39, 0.29) is 25.9 Å². The highest BCUT2D eigenvalue weighted by Gasteiger charge is 2.50. The Balaban J connectivity index is 2.70. The molecule has 0 saturated carbocycles. The second kappa shape index (κ2) is 51.2. The Labute approximate surface area is 456 Å². The van der Waals surface area contributed by atoms with E-state index >= 15 is 0 Å². The van der Waals surface area contributed by atoms with Gasteiger partial charge in [-0.3, -0.25) is 14.4 Å². The highest BCUT2D eigenvalue weighted by Crippen LogP contribution is 2.26. The fraction of sp³-hybridized carbons (Fsp3) is 0.778. The van der Waals surface area contributed by atoms with Gasteiger partial charge < -0.3 is 39.0 Å². The number of unbranched alkanes of at least 4 members (excludes halogenated alkanes) is 27. The van der Waals surface area contributed by atoms with E-state index in [1.54, 1.807) is 0 Å². The van der Waals surface area contributed by atoms with Crippen LogP contribution in [0.25, 0.3) is 0 Å². The molecule has 0 aromatic carbocycles. The Morgan fingerprint density at radius 1 is 0.453 bits per heavy atom. The van der Waals surface area contributed by atoms with Crippen LogP contribution in [0.15, 0.2) is 60.8 Å². The smallest absolute Gasteiger partial charge is 0.335 e. The zero-order valence-electron chi connectivity index (χ0n) is 47.5. The standard InChI is InChI=1S/C63H108O12/c1-4-7-10-13-16-19-22-25-27-28-30-33-36-39-42-45-48-51-57(66)74-61-59(68)58(67)60(62(69)70)75-63(61)72-53-54(73-56(65)50-47-44-41-38-35-31-24-21-18-15-12-9-6-3)52-71-55(64)49-46-43-40-37-34-32-29-26-23-20-17-14-11-8-5-2/h9,12,18,21,26,29,31,35,41,44,54,58-61,63,67-68H,4-8,10-11,13-17,19-20,22-25,27-28,30,32-34,36-40,42-43,45-53H2,1-3H3,(H,69,70)/b12-9-,21-18-,29-26-,35-31-,44-41-. The molecule has 6 atom stereocenters. The first-order chi connectivity index (χ1) is 36.6. The summed E-state index contributed by atoms with van der Waals surface area (Å²) in [6.07, 6.45) is 50.7. The molecule has 1 rings (SSSR count). The van der Waals surface area contributed by atoms with Gasteiger partial charge in [-0.25, -0.2) is 4.79 Å². The van der Waals surface area contributed by atoms with Crippen molar-refractivity contribution < 1.29 is 58.2 Å². The first-order valence-corrected chi connectivity index (χ1v) is 30.3. The van der Waals surface area contributed by atoms with Gasteiger partial charge in [-0.15, -0.1) is 0 Å². The summed E-state index contributed by atoms with van der Waals surface area (Å²) in [5.74, 6) is -3.23. The Bertz CT molecular complexity index is 1540. The predicted octanol–water partition coefficient (Wildman–Crippen LogP) is 15.6. The number of aliphatic hydroxyl groups excluding tert-OH is 2. The lowest BCUT2D eigenvalue weighted by atomic mass is 9.98. The van der Waals surface area contributed by atoms with Gasteiger partial charge >= 0.3 is 23.9 Å². The predicted molar refractivity (Wildman–Crippen MR) is 303 cm³/mol. The molecule has 1 heterocycles. The molecule has 0 radical (unpaired) electrons. The first-order valence-electron chi connectivity index (χ1n) is 30.3. The second-order valence-corrected chi connectivity index (χ2v) is 20.6. The summed E-state index contributed by atoms with van der Waals surface area (Å²) in [5.41, 5.74) is 0. The number of rotatable bonds is 51. The quantitative estimate of drug-likeness (QED) is 0.0228. The Hall–Kier alpha value is -3.58. The summed E-state index contributed by atoms with van der Waals surface area (Å²) < 4.78 is 28.3. The fourth-order valence-electron chi connectivity index (χ4n) is 8.97. The molecule has 0 bridgehead atoms. The molecule has 0 aromatic heterocycles. The molecule has 432 valence electrons. The van der Waals surface area contributed by atoms with Crippen LogP contribution in [0.1, 0.15) is 265 Å². The summed E-state index contributed by atoms with van der Waals surface area (Å²) in [4.78, 5) is 51.1. The van der Waals surface area contributed by atoms with Crippen LogP contribution in [0.5, 0.6) is 0 Å². The number of hydrogen-bond donors (Lipinski definition) is 3. The van der Waals surface area contributed by atoms with E-state index in [1.165, 1.54) is 116 Å². The van der Waals surface area contributed by atoms with E-state index in [2.05, 4.69) is 69.4 Å². The van der Waals surface area contributed by atoms with E-state index in [4.69, 9.17) is 23.7 Å². The van der Waals surface area contributed by atoms with Crippen molar-refractivity contribution in [2.75, 3.05) is 13.2 Å². The van der Waals surface area contributed by atoms with Gasteiger partial charge in [-0.1, -0.05) is 236 Å². The fourth-order valence-corrected chi connectivity index (χ4v) is 8.97. The molecule has 1 saturated heterocycles. The van der Waals surface area contributed by atoms with Gasteiger partial charge in [0.05, 0.1) is 6.61 Å². The number of hydrogen-bond acceptors (Lipinski definition) is 11. The van der Waals surface area contributed by atoms with E-state index < -0.39 is 67.3 Å². The molecule has 3 N–H and O–H groups in total. The number of carbonyl (C=O) groups is 4. The Kier molecular flexibility index (Phi) is 47.4. The molecule has 0 aliphatic carbocycles. The molecule has 1 aliphatic heterocycles. The molecule has 12 nitrogen and oxygen atoms in total. The Morgan fingerprint density at radius 3 is 1.33 bits per heavy atom. The third kappa shape index (κ3) is 41.2. The van der Waals surface area contributed by atoms with Gasteiger partial charge in [0.1, 0.15) is 18.8 Å². The maximum atomic E-state index is 13.1. The van der Waals surface area contributed by atoms with Crippen molar-refractivity contribution in [3.63, 3.8) is 0 Å². The van der Waals surface area contributed by atoms with Crippen LogP contribution in [0.2, 0.25) is 0 Å². The normalized spacial score (nSPS) is 18.5. The number of aliphatic carboxylic acids is 1. The van der Waals surface area contributed by atoms with Crippen LogP contribution in [-0.4, -0.2) is 89.2 Å². The lowest BCUT2D eigenvalue weighted by Gasteiger charge is -2.40. The van der Waals surface area contributed by atoms with Crippen LogP contribution >= 0.6 is 0 Å². The number of esters is 3. The molecule has 12 heteroatoms. The zero-order chi connectivity index (χ0) is 54.7. The molecule has 1 aliphatic rings. The number of allylic oxidation sites excluding steroid dienone is 10. The average molecular weight is 1060 g/mol. The van der Waals surface area contributed by atoms with Crippen molar-refractivity contribution in [3.05, 3.63) is 60.8 Å². The summed E-state index contributed by atoms with van der Waals surface area (Å²) in [6.45, 7) is 5.82. The molecule has 6 unspecified atom stereocenters. The Morgan fingerprint density at radius 2 is 0.867 bits per heavy atom. The third-order valence-electron chi connectivity index (χ3n) is 13.6. The van der Waals surface area contributed by atoms with Crippen LogP contribution in [0, 0.1) is 0 Å². The van der Waals surface area contributed by atoms with Crippen molar-refractivity contribution in [3.8, 4) is 0 Å². The van der Waals surface area contributed by atoms with Crippen molar-refractivity contribution in [2.45, 2.75) is 302 Å². The maximum absolute atomic E-state index is 13.1. The lowest BCUT2D eigenvalue weighted by Crippen LogP contribution is -2.61.